The number of fused-ring (bicyclic) bond motifs is 1. The van der Waals surface area contributed by atoms with E-state index in [1.54, 1.807) is 0 Å². The summed E-state index contributed by atoms with van der Waals surface area (Å²) in [6.45, 7) is 0. The molecule has 0 saturated carbocycles. The van der Waals surface area contributed by atoms with E-state index in [-0.39, 0.29) is 11.0 Å². The summed E-state index contributed by atoms with van der Waals surface area (Å²) in [4.78, 5) is 27.7. The second kappa shape index (κ2) is 5.73. The molecule has 2 heterocycles. The summed E-state index contributed by atoms with van der Waals surface area (Å²) in [6, 6.07) is 5.46. The molecule has 1 aliphatic heterocycles. The fourth-order valence-corrected chi connectivity index (χ4v) is 2.51. The Hall–Kier alpha value is -2.62. The Kier molecular flexibility index (Phi) is 3.94. The molecule has 1 aliphatic rings. The maximum atomic E-state index is 13.5. The zero-order valence-corrected chi connectivity index (χ0v) is 13.7. The van der Waals surface area contributed by atoms with E-state index in [1.807, 2.05) is 0 Å². The van der Waals surface area contributed by atoms with Crippen molar-refractivity contribution in [1.82, 2.24) is 9.13 Å². The van der Waals surface area contributed by atoms with Gasteiger partial charge in [0, 0.05) is 19.1 Å². The Balaban J connectivity index is 2.38. The van der Waals surface area contributed by atoms with Crippen LogP contribution in [0, 0.1) is 0 Å². The largest absolute Gasteiger partial charge is 0.431 e. The summed E-state index contributed by atoms with van der Waals surface area (Å²) in [5, 5.41) is 4.41. The molecular formula is C14H11ClF3N5O2. The maximum absolute atomic E-state index is 13.5. The average molecular weight is 374 g/mol. The Morgan fingerprint density at radius 2 is 1.68 bits per heavy atom. The van der Waals surface area contributed by atoms with Gasteiger partial charge in [0.25, 0.3) is 5.56 Å². The van der Waals surface area contributed by atoms with E-state index < -0.39 is 29.1 Å². The maximum Gasteiger partial charge on any atom is 0.431 e. The van der Waals surface area contributed by atoms with Crippen molar-refractivity contribution in [3.05, 3.63) is 61.0 Å². The summed E-state index contributed by atoms with van der Waals surface area (Å²) in [5.74, 6) is 0. The molecule has 1 unspecified atom stereocenters. The van der Waals surface area contributed by atoms with E-state index >= 15 is 0 Å². The summed E-state index contributed by atoms with van der Waals surface area (Å²) in [5.41, 5.74) is -1.98. The van der Waals surface area contributed by atoms with Crippen LogP contribution in [0.25, 0.3) is 0 Å². The molecule has 0 amide bonds. The van der Waals surface area contributed by atoms with Crippen molar-refractivity contribution in [3.63, 3.8) is 0 Å². The van der Waals surface area contributed by atoms with Gasteiger partial charge in [0.1, 0.15) is 0 Å². The highest BCUT2D eigenvalue weighted by atomic mass is 35.5. The van der Waals surface area contributed by atoms with Crippen LogP contribution < -0.4 is 27.1 Å². The first kappa shape index (κ1) is 17.2. The Morgan fingerprint density at radius 3 is 2.24 bits per heavy atom. The molecule has 3 rings (SSSR count). The van der Waals surface area contributed by atoms with E-state index in [9.17, 15) is 22.8 Å². The summed E-state index contributed by atoms with van der Waals surface area (Å²) in [6.07, 6.45) is -7.16. The fourth-order valence-electron chi connectivity index (χ4n) is 2.39. The van der Waals surface area contributed by atoms with Crippen molar-refractivity contribution in [3.8, 4) is 0 Å². The van der Waals surface area contributed by atoms with Gasteiger partial charge in [0.05, 0.1) is 5.69 Å². The van der Waals surface area contributed by atoms with Gasteiger partial charge in [0.15, 0.2) is 10.8 Å². The Bertz CT molecular complexity index is 1070. The normalized spacial score (nSPS) is 16.9. The highest BCUT2D eigenvalue weighted by molar-refractivity contribution is 6.30. The number of aromatic nitrogens is 2. The number of rotatable bonds is 1. The monoisotopic (exact) mass is 373 g/mol. The van der Waals surface area contributed by atoms with Gasteiger partial charge in [-0.1, -0.05) is 11.6 Å². The average Bonchev–Trinajstić information content (AvgIpc) is 2.57. The van der Waals surface area contributed by atoms with Crippen LogP contribution in [0.5, 0.6) is 0 Å². The number of nitrogens with zero attached hydrogens (tertiary/aromatic N) is 5. The van der Waals surface area contributed by atoms with Gasteiger partial charge in [-0.15, -0.1) is 0 Å². The lowest BCUT2D eigenvalue weighted by atomic mass is 10.3. The molecule has 0 fully saturated rings. The van der Waals surface area contributed by atoms with Gasteiger partial charge in [-0.25, -0.2) is 14.8 Å². The highest BCUT2D eigenvalue weighted by Crippen LogP contribution is 2.30. The van der Waals surface area contributed by atoms with Gasteiger partial charge in [-0.05, 0) is 24.3 Å². The van der Waals surface area contributed by atoms with Crippen molar-refractivity contribution < 1.29 is 13.2 Å². The zero-order valence-electron chi connectivity index (χ0n) is 13.0. The number of benzene rings is 1. The summed E-state index contributed by atoms with van der Waals surface area (Å²) in [7, 11) is 2.44. The predicted molar refractivity (Wildman–Crippen MR) is 83.0 cm³/mol. The lowest BCUT2D eigenvalue weighted by Gasteiger charge is -2.29. The first-order valence-electron chi connectivity index (χ1n) is 6.95. The van der Waals surface area contributed by atoms with Crippen molar-refractivity contribution in [2.75, 3.05) is 5.01 Å². The number of hydrogen-bond acceptors (Lipinski definition) is 5. The van der Waals surface area contributed by atoms with Crippen molar-refractivity contribution >= 4 is 17.3 Å². The van der Waals surface area contributed by atoms with Crippen LogP contribution in [0.1, 0.15) is 0 Å². The van der Waals surface area contributed by atoms with E-state index in [2.05, 4.69) is 10.1 Å². The molecule has 0 spiro atoms. The molecule has 0 saturated heterocycles. The van der Waals surface area contributed by atoms with Crippen LogP contribution in [0.4, 0.5) is 18.9 Å². The van der Waals surface area contributed by atoms with Gasteiger partial charge in [0.2, 0.25) is 6.17 Å². The zero-order chi connectivity index (χ0) is 18.5. The molecule has 0 N–H and O–H groups in total. The lowest BCUT2D eigenvalue weighted by Crippen LogP contribution is -2.62. The Morgan fingerprint density at radius 1 is 1.08 bits per heavy atom. The van der Waals surface area contributed by atoms with Crippen molar-refractivity contribution in [2.45, 2.75) is 12.3 Å². The third-order valence-electron chi connectivity index (χ3n) is 3.68. The minimum atomic E-state index is -4.78. The van der Waals surface area contributed by atoms with Crippen LogP contribution in [0.15, 0.2) is 43.9 Å². The van der Waals surface area contributed by atoms with E-state index in [1.165, 1.54) is 38.4 Å². The Labute approximate surface area is 142 Å². The molecule has 1 aromatic carbocycles. The molecule has 0 bridgehead atoms. The minimum absolute atomic E-state index is 0.0528. The molecule has 25 heavy (non-hydrogen) atoms. The topological polar surface area (TPSA) is 72.0 Å². The molecule has 0 radical (unpaired) electrons. The van der Waals surface area contributed by atoms with Crippen molar-refractivity contribution in [2.24, 2.45) is 24.2 Å². The molecule has 2 aromatic rings. The fraction of sp³-hybridized carbons (Fsp3) is 0.286. The van der Waals surface area contributed by atoms with Gasteiger partial charge >= 0.3 is 11.9 Å². The number of anilines is 1. The summed E-state index contributed by atoms with van der Waals surface area (Å²) < 4.78 is 42.0. The standard InChI is InChI=1S/C14H11ClF3N5O2/c1-21-10-9(11(24)22(2)13(21)25)20-23(12(19-10)14(16,17)18)8-5-3-7(15)4-6-8/h3-6,12H,1-2H3. The SMILES string of the molecule is Cn1c(=O)c2c(n(C)c1=O)=NC(C(F)(F)F)N(c1ccc(Cl)cc1)N=2. The molecule has 1 aromatic heterocycles. The number of halogens is 4. The quantitative estimate of drug-likeness (QED) is 0.722. The van der Waals surface area contributed by atoms with Crippen LogP contribution in [-0.4, -0.2) is 21.5 Å². The van der Waals surface area contributed by atoms with Gasteiger partial charge < -0.3 is 0 Å². The van der Waals surface area contributed by atoms with E-state index in [0.29, 0.717) is 10.0 Å². The molecule has 0 aliphatic carbocycles. The molecule has 132 valence electrons. The second-order valence-electron chi connectivity index (χ2n) is 5.34. The van der Waals surface area contributed by atoms with Crippen LogP contribution >= 0.6 is 11.6 Å². The van der Waals surface area contributed by atoms with Gasteiger partial charge in [-0.2, -0.15) is 18.3 Å². The van der Waals surface area contributed by atoms with E-state index in [0.717, 1.165) is 9.13 Å². The first-order valence-corrected chi connectivity index (χ1v) is 7.33. The third kappa shape index (κ3) is 2.82. The van der Waals surface area contributed by atoms with Crippen molar-refractivity contribution in [1.29, 1.82) is 0 Å². The smallest absolute Gasteiger partial charge is 0.279 e. The molecule has 11 heteroatoms. The first-order chi connectivity index (χ1) is 11.6. The third-order valence-corrected chi connectivity index (χ3v) is 3.93. The molecule has 7 nitrogen and oxygen atoms in total. The van der Waals surface area contributed by atoms with Crippen LogP contribution in [-0.2, 0) is 14.1 Å². The number of hydrogen-bond donors (Lipinski definition) is 0. The van der Waals surface area contributed by atoms with Crippen LogP contribution in [0.3, 0.4) is 0 Å². The highest BCUT2D eigenvalue weighted by Gasteiger charge is 2.46. The molecular weight excluding hydrogens is 363 g/mol. The lowest BCUT2D eigenvalue weighted by molar-refractivity contribution is -0.148. The molecule has 1 atom stereocenters. The summed E-state index contributed by atoms with van der Waals surface area (Å²) >= 11 is 5.76. The predicted octanol–water partition coefficient (Wildman–Crippen LogP) is 0.300. The van der Waals surface area contributed by atoms with E-state index in [4.69, 9.17) is 11.6 Å². The van der Waals surface area contributed by atoms with Gasteiger partial charge in [-0.3, -0.25) is 13.9 Å². The van der Waals surface area contributed by atoms with Crippen LogP contribution in [0.2, 0.25) is 5.02 Å². The second-order valence-corrected chi connectivity index (χ2v) is 5.78. The minimum Gasteiger partial charge on any atom is -0.279 e. The number of alkyl halides is 3.